The van der Waals surface area contributed by atoms with Crippen LogP contribution in [-0.4, -0.2) is 9.77 Å². The summed E-state index contributed by atoms with van der Waals surface area (Å²) in [6.45, 7) is 0. The fourth-order valence-corrected chi connectivity index (χ4v) is 2.21. The Kier molecular flexibility index (Phi) is 3.23. The Morgan fingerprint density at radius 2 is 1.33 bits per heavy atom. The zero-order valence-corrected chi connectivity index (χ0v) is 10.9. The topological polar surface area (TPSA) is 54.9 Å². The van der Waals surface area contributed by atoms with Crippen LogP contribution >= 0.6 is 0 Å². The van der Waals surface area contributed by atoms with Gasteiger partial charge >= 0.3 is 5.69 Å². The fraction of sp³-hybridized carbons (Fsp3) is 0. The molecule has 5 heteroatoms. The second-order valence-electron chi connectivity index (χ2n) is 4.50. The average molecular weight is 282 g/mol. The van der Waals surface area contributed by atoms with Crippen molar-refractivity contribution in [2.45, 2.75) is 0 Å². The van der Waals surface area contributed by atoms with E-state index in [9.17, 15) is 14.1 Å². The highest BCUT2D eigenvalue weighted by atomic mass is 19.2. The van der Waals surface area contributed by atoms with E-state index in [0.717, 1.165) is 0 Å². The Hall–Kier alpha value is -2.95. The van der Waals surface area contributed by atoms with Crippen LogP contribution in [0.5, 0.6) is 0 Å². The van der Waals surface area contributed by atoms with Crippen molar-refractivity contribution >= 4 is 0 Å². The molecule has 0 aliphatic carbocycles. The molecule has 0 atom stereocenters. The largest absolute Gasteiger partial charge is 0.357 e. The van der Waals surface area contributed by atoms with Gasteiger partial charge in [0.1, 0.15) is 0 Å². The van der Waals surface area contributed by atoms with Crippen molar-refractivity contribution in [2.75, 3.05) is 0 Å². The molecule has 2 aromatic carbocycles. The van der Waals surface area contributed by atoms with Gasteiger partial charge in [0, 0.05) is 0 Å². The van der Waals surface area contributed by atoms with Gasteiger partial charge in [0.2, 0.25) is 0 Å². The highest BCUT2D eigenvalue weighted by Crippen LogP contribution is 2.26. The van der Waals surface area contributed by atoms with E-state index in [-0.39, 0.29) is 5.56 Å². The van der Waals surface area contributed by atoms with Gasteiger partial charge in [-0.25, -0.2) is 4.79 Å². The first-order chi connectivity index (χ1) is 10.2. The van der Waals surface area contributed by atoms with Crippen LogP contribution < -0.4 is 11.2 Å². The van der Waals surface area contributed by atoms with Crippen LogP contribution in [0, 0.1) is 0 Å². The minimum absolute atomic E-state index is 0.129. The number of hydrogen-bond acceptors (Lipinski definition) is 2. The minimum Gasteiger partial charge on any atom is -0.304 e. The minimum atomic E-state index is -1.08. The van der Waals surface area contributed by atoms with E-state index >= 15 is 0 Å². The summed E-state index contributed by atoms with van der Waals surface area (Å²) in [4.78, 5) is 25.7. The Bertz CT molecular complexity index is 884. The molecule has 3 rings (SSSR count). The molecule has 3 aromatic rings. The van der Waals surface area contributed by atoms with E-state index in [1.54, 1.807) is 54.6 Å². The number of H-pyrrole nitrogens is 1. The molecule has 104 valence electrons. The zero-order valence-electron chi connectivity index (χ0n) is 10.9. The highest BCUT2D eigenvalue weighted by molar-refractivity contribution is 5.79. The number of halogens is 1. The lowest BCUT2D eigenvalue weighted by atomic mass is 10.0. The van der Waals surface area contributed by atoms with Crippen LogP contribution in [0.1, 0.15) is 0 Å². The summed E-state index contributed by atoms with van der Waals surface area (Å²) in [5.74, 6) is 0. The number of nitrogens with one attached hydrogen (secondary N) is 1. The molecular formula is C16H11FN2O2. The van der Waals surface area contributed by atoms with E-state index in [1.807, 2.05) is 6.07 Å². The molecule has 1 N–H and O–H groups in total. The van der Waals surface area contributed by atoms with Crippen molar-refractivity contribution in [3.63, 3.8) is 0 Å². The van der Waals surface area contributed by atoms with Crippen LogP contribution in [-0.2, 0) is 0 Å². The van der Waals surface area contributed by atoms with Crippen LogP contribution in [0.15, 0.2) is 70.3 Å². The van der Waals surface area contributed by atoms with Crippen LogP contribution in [0.2, 0.25) is 0 Å². The Balaban J connectivity index is 2.40. The maximum absolute atomic E-state index is 13.6. The number of aromatic nitrogens is 2. The van der Waals surface area contributed by atoms with Gasteiger partial charge in [0.15, 0.2) is 0 Å². The van der Waals surface area contributed by atoms with E-state index in [4.69, 9.17) is 0 Å². The molecule has 1 aromatic heterocycles. The fourth-order valence-electron chi connectivity index (χ4n) is 2.21. The molecule has 0 amide bonds. The van der Waals surface area contributed by atoms with Crippen molar-refractivity contribution < 1.29 is 4.48 Å². The van der Waals surface area contributed by atoms with E-state index in [1.165, 1.54) is 0 Å². The summed E-state index contributed by atoms with van der Waals surface area (Å²) in [7, 11) is 0. The van der Waals surface area contributed by atoms with Gasteiger partial charge in [-0.05, 0) is 11.1 Å². The first-order valence-corrected chi connectivity index (χ1v) is 6.35. The molecule has 21 heavy (non-hydrogen) atoms. The quantitative estimate of drug-likeness (QED) is 0.785. The zero-order chi connectivity index (χ0) is 14.8. The summed E-state index contributed by atoms with van der Waals surface area (Å²) < 4.78 is 13.6. The van der Waals surface area contributed by atoms with Crippen molar-refractivity contribution in [2.24, 2.45) is 0 Å². The molecule has 0 aliphatic heterocycles. The van der Waals surface area contributed by atoms with Crippen LogP contribution in [0.3, 0.4) is 0 Å². The molecule has 0 spiro atoms. The smallest absolute Gasteiger partial charge is 0.304 e. The lowest BCUT2D eigenvalue weighted by Crippen LogP contribution is -2.32. The van der Waals surface area contributed by atoms with Crippen molar-refractivity contribution in [1.29, 1.82) is 0 Å². The molecule has 0 bridgehead atoms. The van der Waals surface area contributed by atoms with Gasteiger partial charge < -0.3 is 4.98 Å². The maximum atomic E-state index is 13.6. The molecule has 0 radical (unpaired) electrons. The van der Waals surface area contributed by atoms with Gasteiger partial charge in [-0.15, -0.1) is 0 Å². The number of nitrogens with zero attached hydrogens (tertiary/aromatic N) is 1. The summed E-state index contributed by atoms with van der Waals surface area (Å²) in [6.07, 6.45) is 0. The average Bonchev–Trinajstić information content (AvgIpc) is 2.54. The maximum Gasteiger partial charge on any atom is 0.357 e. The van der Waals surface area contributed by atoms with Gasteiger partial charge in [-0.3, -0.25) is 4.79 Å². The second-order valence-corrected chi connectivity index (χ2v) is 4.50. The van der Waals surface area contributed by atoms with Gasteiger partial charge in [0.25, 0.3) is 5.56 Å². The third-order valence-electron chi connectivity index (χ3n) is 3.18. The number of hydrogen-bond donors (Lipinski definition) is 1. The van der Waals surface area contributed by atoms with Gasteiger partial charge in [-0.2, -0.15) is 0 Å². The standard InChI is InChI=1S/C16H11FN2O2/c17-19-15(20)13(11-7-3-1-4-8-11)14(18-16(19)21)12-9-5-2-6-10-12/h1-10H,(H,18,21). The molecule has 0 fully saturated rings. The van der Waals surface area contributed by atoms with Crippen molar-refractivity contribution in [1.82, 2.24) is 9.77 Å². The van der Waals surface area contributed by atoms with Crippen molar-refractivity contribution in [3.8, 4) is 22.4 Å². The lowest BCUT2D eigenvalue weighted by molar-refractivity contribution is 0.332. The monoisotopic (exact) mass is 282 g/mol. The third kappa shape index (κ3) is 2.29. The summed E-state index contributed by atoms with van der Waals surface area (Å²) >= 11 is 0. The van der Waals surface area contributed by atoms with Crippen molar-refractivity contribution in [3.05, 3.63) is 81.5 Å². The predicted octanol–water partition coefficient (Wildman–Crippen LogP) is 2.60. The Morgan fingerprint density at radius 1 is 0.810 bits per heavy atom. The second kappa shape index (κ2) is 5.20. The van der Waals surface area contributed by atoms with E-state index < -0.39 is 16.0 Å². The molecule has 0 unspecified atom stereocenters. The Labute approximate surface area is 119 Å². The Morgan fingerprint density at radius 3 is 1.90 bits per heavy atom. The number of benzene rings is 2. The molecule has 0 aliphatic rings. The predicted molar refractivity (Wildman–Crippen MR) is 78.7 cm³/mol. The normalized spacial score (nSPS) is 10.5. The summed E-state index contributed by atoms with van der Waals surface area (Å²) in [6, 6.07) is 17.6. The van der Waals surface area contributed by atoms with Crippen LogP contribution in [0.25, 0.3) is 22.4 Å². The first-order valence-electron chi connectivity index (χ1n) is 6.35. The number of aromatic amines is 1. The molecule has 0 saturated heterocycles. The molecule has 1 heterocycles. The molecule has 4 nitrogen and oxygen atoms in total. The summed E-state index contributed by atoms with van der Waals surface area (Å²) in [5, 5.41) is 0. The summed E-state index contributed by atoms with van der Waals surface area (Å²) in [5.41, 5.74) is -0.424. The molecular weight excluding hydrogens is 271 g/mol. The van der Waals surface area contributed by atoms with E-state index in [0.29, 0.717) is 16.8 Å². The SMILES string of the molecule is O=c1[nH]c(-c2ccccc2)c(-c2ccccc2)c(=O)n1F. The third-order valence-corrected chi connectivity index (χ3v) is 3.18. The lowest BCUT2D eigenvalue weighted by Gasteiger charge is -2.09. The number of rotatable bonds is 2. The van der Waals surface area contributed by atoms with Gasteiger partial charge in [-0.1, -0.05) is 69.9 Å². The molecule has 0 saturated carbocycles. The first kappa shape index (κ1) is 13.1. The van der Waals surface area contributed by atoms with E-state index in [2.05, 4.69) is 4.98 Å². The van der Waals surface area contributed by atoms with Gasteiger partial charge in [0.05, 0.1) is 11.3 Å². The van der Waals surface area contributed by atoms with Crippen LogP contribution in [0.4, 0.5) is 4.48 Å². The highest BCUT2D eigenvalue weighted by Gasteiger charge is 2.16.